The predicted molar refractivity (Wildman–Crippen MR) is 59.9 cm³/mol. The highest BCUT2D eigenvalue weighted by Crippen LogP contribution is 2.26. The lowest BCUT2D eigenvalue weighted by Crippen LogP contribution is -2.22. The van der Waals surface area contributed by atoms with Crippen LogP contribution in [0.5, 0.6) is 0 Å². The second kappa shape index (κ2) is 3.07. The van der Waals surface area contributed by atoms with Gasteiger partial charge in [0.2, 0.25) is 0 Å². The molecule has 0 saturated heterocycles. The molecule has 0 unspecified atom stereocenters. The molecule has 1 aliphatic heterocycles. The number of pyridine rings is 1. The summed E-state index contributed by atoms with van der Waals surface area (Å²) in [6, 6.07) is 9.94. The zero-order valence-corrected chi connectivity index (χ0v) is 8.09. The number of hydrogen-bond acceptors (Lipinski definition) is 3. The van der Waals surface area contributed by atoms with Crippen LogP contribution in [0.4, 0.5) is 5.82 Å². The molecule has 15 heavy (non-hydrogen) atoms. The molecular weight excluding hydrogens is 188 g/mol. The Kier molecular flexibility index (Phi) is 1.73. The van der Waals surface area contributed by atoms with Gasteiger partial charge in [-0.15, -0.1) is 0 Å². The fourth-order valence-corrected chi connectivity index (χ4v) is 1.82. The van der Waals surface area contributed by atoms with Crippen LogP contribution in [0.2, 0.25) is 0 Å². The Bertz CT molecular complexity index is 548. The SMILES string of the molecule is ON1CC=Cc2cc3ccccc3nc21. The molecule has 0 fully saturated rings. The number of hydrogen-bond donors (Lipinski definition) is 1. The van der Waals surface area contributed by atoms with Gasteiger partial charge in [0, 0.05) is 10.9 Å². The van der Waals surface area contributed by atoms with Crippen LogP contribution >= 0.6 is 0 Å². The first kappa shape index (κ1) is 8.44. The van der Waals surface area contributed by atoms with E-state index in [1.807, 2.05) is 42.5 Å². The van der Waals surface area contributed by atoms with Gasteiger partial charge in [-0.1, -0.05) is 30.4 Å². The van der Waals surface area contributed by atoms with Crippen LogP contribution < -0.4 is 5.06 Å². The molecule has 3 heteroatoms. The quantitative estimate of drug-likeness (QED) is 0.706. The topological polar surface area (TPSA) is 36.4 Å². The van der Waals surface area contributed by atoms with Crippen molar-refractivity contribution in [3.05, 3.63) is 42.0 Å². The van der Waals surface area contributed by atoms with Gasteiger partial charge in [0.25, 0.3) is 0 Å². The largest absolute Gasteiger partial charge is 0.287 e. The van der Waals surface area contributed by atoms with Gasteiger partial charge >= 0.3 is 0 Å². The molecule has 1 aromatic heterocycles. The number of fused-ring (bicyclic) bond motifs is 2. The summed E-state index contributed by atoms with van der Waals surface area (Å²) in [5, 5.41) is 11.9. The zero-order valence-electron chi connectivity index (χ0n) is 8.09. The summed E-state index contributed by atoms with van der Waals surface area (Å²) in [6.07, 6.45) is 3.90. The van der Waals surface area contributed by atoms with E-state index in [4.69, 9.17) is 0 Å². The number of hydroxylamine groups is 1. The molecule has 1 aliphatic rings. The van der Waals surface area contributed by atoms with E-state index in [-0.39, 0.29) is 0 Å². The fraction of sp³-hybridized carbons (Fsp3) is 0.0833. The lowest BCUT2D eigenvalue weighted by molar-refractivity contribution is 0.262. The van der Waals surface area contributed by atoms with Crippen molar-refractivity contribution in [2.24, 2.45) is 0 Å². The van der Waals surface area contributed by atoms with E-state index >= 15 is 0 Å². The third-order valence-electron chi connectivity index (χ3n) is 2.55. The van der Waals surface area contributed by atoms with E-state index in [0.29, 0.717) is 12.4 Å². The highest BCUT2D eigenvalue weighted by Gasteiger charge is 2.13. The number of anilines is 1. The lowest BCUT2D eigenvalue weighted by Gasteiger charge is -2.20. The molecule has 0 spiro atoms. The molecule has 0 saturated carbocycles. The Morgan fingerprint density at radius 1 is 1.27 bits per heavy atom. The molecule has 2 aromatic rings. The molecular formula is C12H10N2O. The molecule has 1 aromatic carbocycles. The average molecular weight is 198 g/mol. The standard InChI is InChI=1S/C12H10N2O/c15-14-7-3-5-10-8-9-4-1-2-6-11(9)13-12(10)14/h1-6,8,15H,7H2. The van der Waals surface area contributed by atoms with E-state index in [2.05, 4.69) is 4.98 Å². The van der Waals surface area contributed by atoms with Gasteiger partial charge in [-0.05, 0) is 12.1 Å². The third kappa shape index (κ3) is 1.28. The molecule has 2 heterocycles. The number of nitrogens with zero attached hydrogens (tertiary/aromatic N) is 2. The second-order valence-corrected chi connectivity index (χ2v) is 3.58. The van der Waals surface area contributed by atoms with Gasteiger partial charge < -0.3 is 0 Å². The molecule has 0 amide bonds. The van der Waals surface area contributed by atoms with Gasteiger partial charge in [0.1, 0.15) is 0 Å². The molecule has 0 radical (unpaired) electrons. The highest BCUT2D eigenvalue weighted by atomic mass is 16.5. The van der Waals surface area contributed by atoms with Crippen LogP contribution in [0, 0.1) is 0 Å². The Balaban J connectivity index is 2.33. The monoisotopic (exact) mass is 198 g/mol. The molecule has 1 N–H and O–H groups in total. The normalized spacial score (nSPS) is 14.3. The number of rotatable bonds is 0. The predicted octanol–water partition coefficient (Wildman–Crippen LogP) is 2.46. The lowest BCUT2D eigenvalue weighted by atomic mass is 10.1. The van der Waals surface area contributed by atoms with Crippen molar-refractivity contribution in [2.75, 3.05) is 11.6 Å². The molecule has 74 valence electrons. The molecule has 3 nitrogen and oxygen atoms in total. The van der Waals surface area contributed by atoms with E-state index < -0.39 is 0 Å². The van der Waals surface area contributed by atoms with Crippen LogP contribution in [0.3, 0.4) is 0 Å². The average Bonchev–Trinajstić information content (AvgIpc) is 2.27. The molecule has 0 bridgehead atoms. The molecule has 0 atom stereocenters. The minimum atomic E-state index is 0.498. The summed E-state index contributed by atoms with van der Waals surface area (Å²) < 4.78 is 0. The first-order chi connectivity index (χ1) is 7.34. The summed E-state index contributed by atoms with van der Waals surface area (Å²) in [6.45, 7) is 0.498. The summed E-state index contributed by atoms with van der Waals surface area (Å²) >= 11 is 0. The van der Waals surface area contributed by atoms with Gasteiger partial charge in [-0.3, -0.25) is 5.21 Å². The van der Waals surface area contributed by atoms with E-state index in [1.165, 1.54) is 5.06 Å². The minimum absolute atomic E-state index is 0.498. The van der Waals surface area contributed by atoms with E-state index in [9.17, 15) is 5.21 Å². The first-order valence-corrected chi connectivity index (χ1v) is 4.87. The summed E-state index contributed by atoms with van der Waals surface area (Å²) in [7, 11) is 0. The van der Waals surface area contributed by atoms with Gasteiger partial charge in [-0.2, -0.15) is 0 Å². The number of para-hydroxylation sites is 1. The van der Waals surface area contributed by atoms with Crippen molar-refractivity contribution >= 4 is 22.8 Å². The van der Waals surface area contributed by atoms with Crippen LogP contribution in [-0.2, 0) is 0 Å². The Hall–Kier alpha value is -1.87. The van der Waals surface area contributed by atoms with E-state index in [0.717, 1.165) is 16.5 Å². The maximum atomic E-state index is 9.64. The van der Waals surface area contributed by atoms with Crippen LogP contribution in [-0.4, -0.2) is 16.7 Å². The maximum Gasteiger partial charge on any atom is 0.160 e. The van der Waals surface area contributed by atoms with Crippen LogP contribution in [0.1, 0.15) is 5.56 Å². The van der Waals surface area contributed by atoms with Gasteiger partial charge in [0.05, 0.1) is 12.1 Å². The highest BCUT2D eigenvalue weighted by molar-refractivity contribution is 5.85. The summed E-state index contributed by atoms with van der Waals surface area (Å²) in [4.78, 5) is 4.42. The van der Waals surface area contributed by atoms with E-state index in [1.54, 1.807) is 0 Å². The van der Waals surface area contributed by atoms with Crippen molar-refractivity contribution in [3.63, 3.8) is 0 Å². The summed E-state index contributed by atoms with van der Waals surface area (Å²) in [5.41, 5.74) is 1.87. The Morgan fingerprint density at radius 2 is 2.13 bits per heavy atom. The second-order valence-electron chi connectivity index (χ2n) is 3.58. The maximum absolute atomic E-state index is 9.64. The summed E-state index contributed by atoms with van der Waals surface area (Å²) in [5.74, 6) is 0.635. The van der Waals surface area contributed by atoms with Crippen LogP contribution in [0.25, 0.3) is 17.0 Å². The van der Waals surface area contributed by atoms with Crippen molar-refractivity contribution in [2.45, 2.75) is 0 Å². The Morgan fingerprint density at radius 3 is 3.07 bits per heavy atom. The minimum Gasteiger partial charge on any atom is -0.287 e. The number of aromatic nitrogens is 1. The molecule has 0 aliphatic carbocycles. The third-order valence-corrected chi connectivity index (χ3v) is 2.55. The Labute approximate surface area is 87.2 Å². The zero-order chi connectivity index (χ0) is 10.3. The smallest absolute Gasteiger partial charge is 0.160 e. The fourth-order valence-electron chi connectivity index (χ4n) is 1.82. The van der Waals surface area contributed by atoms with Crippen LogP contribution in [0.15, 0.2) is 36.4 Å². The first-order valence-electron chi connectivity index (χ1n) is 4.87. The van der Waals surface area contributed by atoms with Gasteiger partial charge in [0.15, 0.2) is 5.82 Å². The molecule has 3 rings (SSSR count). The van der Waals surface area contributed by atoms with Crippen molar-refractivity contribution in [3.8, 4) is 0 Å². The van der Waals surface area contributed by atoms with Crippen molar-refractivity contribution < 1.29 is 5.21 Å². The van der Waals surface area contributed by atoms with Crippen molar-refractivity contribution in [1.82, 2.24) is 4.98 Å². The number of benzene rings is 1. The van der Waals surface area contributed by atoms with Crippen molar-refractivity contribution in [1.29, 1.82) is 0 Å². The van der Waals surface area contributed by atoms with Gasteiger partial charge in [-0.25, -0.2) is 10.0 Å².